The first-order valence-corrected chi connectivity index (χ1v) is 9.01. The van der Waals surface area contributed by atoms with Crippen LogP contribution in [-0.4, -0.2) is 42.4 Å². The summed E-state index contributed by atoms with van der Waals surface area (Å²) in [6, 6.07) is 6.97. The normalized spacial score (nSPS) is 24.1. The Hall–Kier alpha value is -3.29. The van der Waals surface area contributed by atoms with Gasteiger partial charge in [0, 0.05) is 17.4 Å². The highest BCUT2D eigenvalue weighted by molar-refractivity contribution is 6.03. The Morgan fingerprint density at radius 2 is 2.10 bits per heavy atom. The molecule has 0 unspecified atom stereocenters. The molecule has 1 aromatic heterocycles. The minimum absolute atomic E-state index is 0. The lowest BCUT2D eigenvalue weighted by atomic mass is 9.78. The first-order chi connectivity index (χ1) is 14.3. The van der Waals surface area contributed by atoms with Gasteiger partial charge in [0.2, 0.25) is 0 Å². The van der Waals surface area contributed by atoms with Crippen LogP contribution < -0.4 is 11.1 Å². The van der Waals surface area contributed by atoms with Crippen molar-refractivity contribution in [2.24, 2.45) is 10.7 Å². The molecular formula is C20H18ClF2N5O3. The van der Waals surface area contributed by atoms with Crippen LogP contribution in [0.1, 0.15) is 27.2 Å². The molecule has 1 amide bonds. The monoisotopic (exact) mass is 449 g/mol. The second-order valence-corrected chi connectivity index (χ2v) is 7.21. The number of anilines is 1. The maximum Gasteiger partial charge on any atom is 0.283 e. The Balaban J connectivity index is 0.00000272. The molecule has 0 saturated carbocycles. The minimum atomic E-state index is -2.11. The van der Waals surface area contributed by atoms with E-state index in [-0.39, 0.29) is 48.6 Å². The van der Waals surface area contributed by atoms with E-state index in [1.54, 1.807) is 6.92 Å². The standard InChI is InChI=1S/C20H17F2N5O3.ClH/c1-11-4-12(6-23)7-25-16(11)17(28)26-13-2-3-15(21)14(5-13)20-10-29-8-19(20,22)9-30-18(24)27-20;/h2-5,7H,8-10H2,1H3,(H2,24,27)(H,26,28);1H/t19-,20-;/m1./s1. The lowest BCUT2D eigenvalue weighted by molar-refractivity contribution is 0.00905. The third-order valence-corrected chi connectivity index (χ3v) is 5.23. The molecule has 0 aliphatic carbocycles. The summed E-state index contributed by atoms with van der Waals surface area (Å²) < 4.78 is 40.6. The number of benzene rings is 1. The van der Waals surface area contributed by atoms with Crippen molar-refractivity contribution >= 4 is 30.0 Å². The number of nitriles is 1. The zero-order chi connectivity index (χ0) is 21.5. The SMILES string of the molecule is Cc1cc(C#N)cnc1C(=O)Nc1ccc(F)c([C@]23COC[C@@]2(F)COC(N)=N3)c1.Cl. The van der Waals surface area contributed by atoms with E-state index in [0.717, 1.165) is 6.07 Å². The lowest BCUT2D eigenvalue weighted by Gasteiger charge is -2.38. The van der Waals surface area contributed by atoms with E-state index < -0.39 is 29.5 Å². The molecule has 2 aliphatic rings. The van der Waals surface area contributed by atoms with Gasteiger partial charge in [-0.15, -0.1) is 12.4 Å². The molecule has 0 radical (unpaired) electrons. The van der Waals surface area contributed by atoms with Gasteiger partial charge in [0.15, 0.2) is 11.2 Å². The smallest absolute Gasteiger partial charge is 0.283 e. The molecule has 0 spiro atoms. The van der Waals surface area contributed by atoms with E-state index in [1.165, 1.54) is 24.4 Å². The Bertz CT molecular complexity index is 1120. The van der Waals surface area contributed by atoms with Gasteiger partial charge in [-0.3, -0.25) is 4.79 Å². The number of nitrogens with zero attached hydrogens (tertiary/aromatic N) is 3. The van der Waals surface area contributed by atoms with Crippen LogP contribution in [-0.2, 0) is 15.0 Å². The van der Waals surface area contributed by atoms with E-state index in [4.69, 9.17) is 20.5 Å². The molecular weight excluding hydrogens is 432 g/mol. The molecule has 3 heterocycles. The molecule has 11 heteroatoms. The van der Waals surface area contributed by atoms with Crippen molar-refractivity contribution in [1.82, 2.24) is 4.98 Å². The van der Waals surface area contributed by atoms with Crippen LogP contribution in [0.5, 0.6) is 0 Å². The number of carbonyl (C=O) groups excluding carboxylic acids is 1. The number of halogens is 3. The second kappa shape index (κ2) is 8.09. The number of nitrogens with one attached hydrogen (secondary N) is 1. The summed E-state index contributed by atoms with van der Waals surface area (Å²) in [5.41, 5.74) is 2.86. The summed E-state index contributed by atoms with van der Waals surface area (Å²) in [4.78, 5) is 20.7. The van der Waals surface area contributed by atoms with Gasteiger partial charge in [-0.25, -0.2) is 18.8 Å². The van der Waals surface area contributed by atoms with Gasteiger partial charge in [-0.1, -0.05) is 0 Å². The van der Waals surface area contributed by atoms with Gasteiger partial charge in [-0.2, -0.15) is 5.26 Å². The third kappa shape index (κ3) is 3.66. The van der Waals surface area contributed by atoms with Gasteiger partial charge >= 0.3 is 0 Å². The number of aliphatic imine (C=N–C) groups is 1. The van der Waals surface area contributed by atoms with Crippen molar-refractivity contribution in [1.29, 1.82) is 5.26 Å². The van der Waals surface area contributed by atoms with Crippen molar-refractivity contribution < 1.29 is 23.0 Å². The largest absolute Gasteiger partial charge is 0.462 e. The second-order valence-electron chi connectivity index (χ2n) is 7.21. The summed E-state index contributed by atoms with van der Waals surface area (Å²) in [7, 11) is 0. The number of hydrogen-bond donors (Lipinski definition) is 2. The van der Waals surface area contributed by atoms with Crippen LogP contribution in [0, 0.1) is 24.1 Å². The lowest BCUT2D eigenvalue weighted by Crippen LogP contribution is -2.55. The van der Waals surface area contributed by atoms with Crippen molar-refractivity contribution in [2.75, 3.05) is 25.1 Å². The summed E-state index contributed by atoms with van der Waals surface area (Å²) in [6.45, 7) is 0.670. The van der Waals surface area contributed by atoms with Gasteiger partial charge in [-0.05, 0) is 36.8 Å². The zero-order valence-electron chi connectivity index (χ0n) is 16.3. The molecule has 0 bridgehead atoms. The molecule has 1 fully saturated rings. The minimum Gasteiger partial charge on any atom is -0.462 e. The molecule has 1 aromatic carbocycles. The van der Waals surface area contributed by atoms with Crippen LogP contribution in [0.4, 0.5) is 14.5 Å². The van der Waals surface area contributed by atoms with Gasteiger partial charge < -0.3 is 20.5 Å². The van der Waals surface area contributed by atoms with E-state index in [9.17, 15) is 9.18 Å². The number of fused-ring (bicyclic) bond motifs is 1. The summed E-state index contributed by atoms with van der Waals surface area (Å²) in [5.74, 6) is -1.28. The van der Waals surface area contributed by atoms with Crippen molar-refractivity contribution in [3.8, 4) is 6.07 Å². The maximum absolute atomic E-state index is 15.5. The number of ether oxygens (including phenoxy) is 2. The van der Waals surface area contributed by atoms with Gasteiger partial charge in [0.25, 0.3) is 11.9 Å². The average molecular weight is 450 g/mol. The van der Waals surface area contributed by atoms with Crippen molar-refractivity contribution in [3.63, 3.8) is 0 Å². The highest BCUT2D eigenvalue weighted by Gasteiger charge is 2.62. The number of amidine groups is 1. The number of pyridine rings is 1. The molecule has 31 heavy (non-hydrogen) atoms. The Morgan fingerprint density at radius 1 is 1.32 bits per heavy atom. The fraction of sp³-hybridized carbons (Fsp3) is 0.300. The molecule has 8 nitrogen and oxygen atoms in total. The highest BCUT2D eigenvalue weighted by atomic mass is 35.5. The molecule has 2 aromatic rings. The van der Waals surface area contributed by atoms with Crippen molar-refractivity contribution in [3.05, 3.63) is 58.7 Å². The topological polar surface area (TPSA) is 123 Å². The fourth-order valence-corrected chi connectivity index (χ4v) is 3.67. The van der Waals surface area contributed by atoms with Gasteiger partial charge in [0.05, 0.1) is 18.8 Å². The maximum atomic E-state index is 15.5. The van der Waals surface area contributed by atoms with Crippen LogP contribution in [0.15, 0.2) is 35.5 Å². The summed E-state index contributed by atoms with van der Waals surface area (Å²) >= 11 is 0. The highest BCUT2D eigenvalue weighted by Crippen LogP contribution is 2.48. The van der Waals surface area contributed by atoms with Crippen LogP contribution in [0.3, 0.4) is 0 Å². The fourth-order valence-electron chi connectivity index (χ4n) is 3.67. The predicted octanol–water partition coefficient (Wildman–Crippen LogP) is 2.35. The Labute approximate surface area is 182 Å². The molecule has 162 valence electrons. The third-order valence-electron chi connectivity index (χ3n) is 5.23. The number of aryl methyl sites for hydroxylation is 1. The summed E-state index contributed by atoms with van der Waals surface area (Å²) in [6.07, 6.45) is 1.28. The van der Waals surface area contributed by atoms with Crippen molar-refractivity contribution in [2.45, 2.75) is 18.1 Å². The van der Waals surface area contributed by atoms with E-state index in [2.05, 4.69) is 15.3 Å². The molecule has 4 rings (SSSR count). The molecule has 3 N–H and O–H groups in total. The number of nitrogens with two attached hydrogens (primary N) is 1. The number of rotatable bonds is 3. The van der Waals surface area contributed by atoms with Gasteiger partial charge in [0.1, 0.15) is 24.2 Å². The Morgan fingerprint density at radius 3 is 2.81 bits per heavy atom. The Kier molecular flexibility index (Phi) is 5.85. The quantitative estimate of drug-likeness (QED) is 0.741. The molecule has 2 atom stereocenters. The molecule has 1 saturated heterocycles. The average Bonchev–Trinajstić information content (AvgIpc) is 3.06. The number of hydrogen-bond acceptors (Lipinski definition) is 7. The predicted molar refractivity (Wildman–Crippen MR) is 109 cm³/mol. The summed E-state index contributed by atoms with van der Waals surface area (Å²) in [5, 5.41) is 11.5. The number of aromatic nitrogens is 1. The van der Waals surface area contributed by atoms with E-state index in [0.29, 0.717) is 11.1 Å². The number of carbonyl (C=O) groups is 1. The molecule has 2 aliphatic heterocycles. The zero-order valence-corrected chi connectivity index (χ0v) is 17.1. The van der Waals surface area contributed by atoms with E-state index >= 15 is 4.39 Å². The number of amides is 1. The van der Waals surface area contributed by atoms with Crippen LogP contribution in [0.25, 0.3) is 0 Å². The van der Waals surface area contributed by atoms with Crippen LogP contribution >= 0.6 is 12.4 Å². The number of alkyl halides is 1. The van der Waals surface area contributed by atoms with Crippen LogP contribution in [0.2, 0.25) is 0 Å². The first-order valence-electron chi connectivity index (χ1n) is 9.01. The van der Waals surface area contributed by atoms with E-state index in [1.807, 2.05) is 6.07 Å². The first kappa shape index (κ1) is 22.4.